The van der Waals surface area contributed by atoms with E-state index in [9.17, 15) is 9.59 Å². The van der Waals surface area contributed by atoms with Crippen LogP contribution in [-0.2, 0) is 14.3 Å². The highest BCUT2D eigenvalue weighted by atomic mass is 32.2. The summed E-state index contributed by atoms with van der Waals surface area (Å²) in [4.78, 5) is 22.0. The number of rotatable bonds is 9. The van der Waals surface area contributed by atoms with Gasteiger partial charge in [0, 0.05) is 24.8 Å². The van der Waals surface area contributed by atoms with Crippen molar-refractivity contribution in [1.29, 1.82) is 0 Å². The molecule has 0 bridgehead atoms. The van der Waals surface area contributed by atoms with Gasteiger partial charge in [0.25, 0.3) is 0 Å². The molecular weight excluding hydrogens is 242 g/mol. The SMILES string of the molecule is COCCSCC(=O)NC(C)(C)CCC(=O)O. The Morgan fingerprint density at radius 1 is 1.41 bits per heavy atom. The molecule has 0 aromatic rings. The third kappa shape index (κ3) is 10.1. The Morgan fingerprint density at radius 3 is 2.59 bits per heavy atom. The fourth-order valence-corrected chi connectivity index (χ4v) is 1.89. The molecule has 5 nitrogen and oxygen atoms in total. The van der Waals surface area contributed by atoms with Crippen LogP contribution in [0.5, 0.6) is 0 Å². The summed E-state index contributed by atoms with van der Waals surface area (Å²) in [6.07, 6.45) is 0.487. The summed E-state index contributed by atoms with van der Waals surface area (Å²) >= 11 is 1.50. The van der Waals surface area contributed by atoms with E-state index in [1.807, 2.05) is 13.8 Å². The quantitative estimate of drug-likeness (QED) is 0.610. The van der Waals surface area contributed by atoms with Crippen molar-refractivity contribution in [3.8, 4) is 0 Å². The van der Waals surface area contributed by atoms with Crippen LogP contribution in [0.15, 0.2) is 0 Å². The first-order valence-electron chi connectivity index (χ1n) is 5.47. The Balaban J connectivity index is 3.80. The van der Waals surface area contributed by atoms with Gasteiger partial charge >= 0.3 is 5.97 Å². The van der Waals surface area contributed by atoms with Crippen LogP contribution in [0.1, 0.15) is 26.7 Å². The third-order valence-electron chi connectivity index (χ3n) is 2.11. The molecule has 0 saturated carbocycles. The molecule has 2 N–H and O–H groups in total. The molecule has 0 spiro atoms. The van der Waals surface area contributed by atoms with Crippen LogP contribution in [0, 0.1) is 0 Å². The summed E-state index contributed by atoms with van der Waals surface area (Å²) < 4.78 is 4.87. The van der Waals surface area contributed by atoms with Gasteiger partial charge in [-0.15, -0.1) is 11.8 Å². The monoisotopic (exact) mass is 263 g/mol. The maximum absolute atomic E-state index is 11.5. The predicted octanol–water partition coefficient (Wildman–Crippen LogP) is 1.13. The number of amides is 1. The first-order valence-corrected chi connectivity index (χ1v) is 6.62. The van der Waals surface area contributed by atoms with Gasteiger partial charge in [-0.3, -0.25) is 9.59 Å². The van der Waals surface area contributed by atoms with Crippen LogP contribution in [0.4, 0.5) is 0 Å². The van der Waals surface area contributed by atoms with Crippen LogP contribution >= 0.6 is 11.8 Å². The summed E-state index contributed by atoms with van der Waals surface area (Å²) in [6.45, 7) is 4.28. The smallest absolute Gasteiger partial charge is 0.303 e. The Bertz CT molecular complexity index is 256. The average Bonchev–Trinajstić information content (AvgIpc) is 2.21. The molecule has 0 heterocycles. The molecule has 0 saturated heterocycles. The number of carbonyl (C=O) groups excluding carboxylic acids is 1. The number of carbonyl (C=O) groups is 2. The van der Waals surface area contributed by atoms with Gasteiger partial charge in [0.15, 0.2) is 0 Å². The molecule has 0 aromatic carbocycles. The van der Waals surface area contributed by atoms with Crippen molar-refractivity contribution in [2.45, 2.75) is 32.2 Å². The third-order valence-corrected chi connectivity index (χ3v) is 3.03. The molecule has 0 unspecified atom stereocenters. The Morgan fingerprint density at radius 2 is 2.06 bits per heavy atom. The topological polar surface area (TPSA) is 75.6 Å². The lowest BCUT2D eigenvalue weighted by Gasteiger charge is -2.25. The summed E-state index contributed by atoms with van der Waals surface area (Å²) in [7, 11) is 1.62. The number of methoxy groups -OCH3 is 1. The van der Waals surface area contributed by atoms with E-state index in [0.29, 0.717) is 18.8 Å². The lowest BCUT2D eigenvalue weighted by Crippen LogP contribution is -2.44. The number of aliphatic carboxylic acids is 1. The van der Waals surface area contributed by atoms with Crippen LogP contribution < -0.4 is 5.32 Å². The van der Waals surface area contributed by atoms with Gasteiger partial charge < -0.3 is 15.2 Å². The largest absolute Gasteiger partial charge is 0.481 e. The highest BCUT2D eigenvalue weighted by Gasteiger charge is 2.21. The van der Waals surface area contributed by atoms with Crippen LogP contribution in [0.25, 0.3) is 0 Å². The van der Waals surface area contributed by atoms with Crippen LogP contribution in [0.3, 0.4) is 0 Å². The first kappa shape index (κ1) is 16.2. The van der Waals surface area contributed by atoms with Crippen LogP contribution in [0.2, 0.25) is 0 Å². The lowest BCUT2D eigenvalue weighted by molar-refractivity contribution is -0.137. The summed E-state index contributed by atoms with van der Waals surface area (Å²) in [5, 5.41) is 11.4. The number of carboxylic acids is 1. The Kier molecular flexibility index (Phi) is 7.99. The lowest BCUT2D eigenvalue weighted by atomic mass is 9.98. The predicted molar refractivity (Wildman–Crippen MR) is 68.3 cm³/mol. The van der Waals surface area contributed by atoms with Crippen molar-refractivity contribution >= 4 is 23.6 Å². The van der Waals surface area contributed by atoms with Crippen molar-refractivity contribution in [3.63, 3.8) is 0 Å². The number of nitrogens with one attached hydrogen (secondary N) is 1. The van der Waals surface area contributed by atoms with Gasteiger partial charge in [-0.1, -0.05) is 0 Å². The first-order chi connectivity index (χ1) is 7.87. The van der Waals surface area contributed by atoms with Gasteiger partial charge in [0.2, 0.25) is 5.91 Å². The van der Waals surface area contributed by atoms with E-state index in [0.717, 1.165) is 5.75 Å². The summed E-state index contributed by atoms with van der Waals surface area (Å²) in [5.74, 6) is 0.238. The molecule has 6 heteroatoms. The minimum atomic E-state index is -0.846. The normalized spacial score (nSPS) is 11.2. The number of thioether (sulfide) groups is 1. The highest BCUT2D eigenvalue weighted by molar-refractivity contribution is 7.99. The fourth-order valence-electron chi connectivity index (χ4n) is 1.20. The second-order valence-corrected chi connectivity index (χ2v) is 5.48. The molecule has 0 atom stereocenters. The van der Waals surface area contributed by atoms with E-state index in [1.165, 1.54) is 11.8 Å². The number of hydrogen-bond acceptors (Lipinski definition) is 4. The zero-order chi connectivity index (χ0) is 13.3. The highest BCUT2D eigenvalue weighted by Crippen LogP contribution is 2.11. The Labute approximate surface area is 106 Å². The van der Waals surface area contributed by atoms with E-state index < -0.39 is 11.5 Å². The van der Waals surface area contributed by atoms with Crippen molar-refractivity contribution < 1.29 is 19.4 Å². The molecule has 0 aliphatic rings. The van der Waals surface area contributed by atoms with Crippen molar-refractivity contribution in [2.24, 2.45) is 0 Å². The zero-order valence-electron chi connectivity index (χ0n) is 10.6. The molecular formula is C11H21NO4S. The zero-order valence-corrected chi connectivity index (χ0v) is 11.4. The minimum absolute atomic E-state index is 0.0596. The van der Waals surface area contributed by atoms with E-state index >= 15 is 0 Å². The van der Waals surface area contributed by atoms with E-state index in [2.05, 4.69) is 5.32 Å². The minimum Gasteiger partial charge on any atom is -0.481 e. The second-order valence-electron chi connectivity index (χ2n) is 4.37. The van der Waals surface area contributed by atoms with Crippen molar-refractivity contribution in [1.82, 2.24) is 5.32 Å². The van der Waals surface area contributed by atoms with E-state index in [-0.39, 0.29) is 12.3 Å². The standard InChI is InChI=1S/C11H21NO4S/c1-11(2,5-4-10(14)15)12-9(13)8-17-7-6-16-3/h4-8H2,1-3H3,(H,12,13)(H,14,15). The second kappa shape index (κ2) is 8.36. The summed E-state index contributed by atoms with van der Waals surface area (Å²) in [5.41, 5.74) is -0.475. The Hall–Kier alpha value is -0.750. The number of carboxylic acid groups (broad SMARTS) is 1. The van der Waals surface area contributed by atoms with Crippen molar-refractivity contribution in [3.05, 3.63) is 0 Å². The molecule has 0 fully saturated rings. The van der Waals surface area contributed by atoms with Gasteiger partial charge in [-0.25, -0.2) is 0 Å². The maximum atomic E-state index is 11.5. The summed E-state index contributed by atoms with van der Waals surface area (Å²) in [6, 6.07) is 0. The van der Waals surface area contributed by atoms with Crippen LogP contribution in [-0.4, -0.2) is 47.7 Å². The molecule has 0 aliphatic heterocycles. The molecule has 0 radical (unpaired) electrons. The van der Waals surface area contributed by atoms with Crippen molar-refractivity contribution in [2.75, 3.05) is 25.2 Å². The van der Waals surface area contributed by atoms with E-state index in [4.69, 9.17) is 9.84 Å². The molecule has 0 aliphatic carbocycles. The van der Waals surface area contributed by atoms with Gasteiger partial charge in [0.05, 0.1) is 12.4 Å². The molecule has 1 amide bonds. The average molecular weight is 263 g/mol. The van der Waals surface area contributed by atoms with Gasteiger partial charge in [-0.2, -0.15) is 0 Å². The molecule has 0 rings (SSSR count). The van der Waals surface area contributed by atoms with E-state index in [1.54, 1.807) is 7.11 Å². The molecule has 17 heavy (non-hydrogen) atoms. The molecule has 0 aromatic heterocycles. The number of ether oxygens (including phenoxy) is 1. The van der Waals surface area contributed by atoms with Gasteiger partial charge in [-0.05, 0) is 20.3 Å². The molecule has 100 valence electrons. The number of hydrogen-bond donors (Lipinski definition) is 2. The van der Waals surface area contributed by atoms with Gasteiger partial charge in [0.1, 0.15) is 0 Å². The fraction of sp³-hybridized carbons (Fsp3) is 0.818. The maximum Gasteiger partial charge on any atom is 0.303 e.